The van der Waals surface area contributed by atoms with E-state index in [1.807, 2.05) is 0 Å². The van der Waals surface area contributed by atoms with Crippen LogP contribution in [0.25, 0.3) is 0 Å². The molecule has 0 aliphatic carbocycles. The van der Waals surface area contributed by atoms with E-state index in [0.717, 1.165) is 0 Å². The lowest BCUT2D eigenvalue weighted by Gasteiger charge is -2.27. The number of benzene rings is 1. The third-order valence-electron chi connectivity index (χ3n) is 3.22. The fourth-order valence-electron chi connectivity index (χ4n) is 2.69. The minimum absolute atomic E-state index is 0.686. The molecular weight excluding hydrogens is 180 g/mol. The van der Waals surface area contributed by atoms with Gasteiger partial charge in [-0.2, -0.15) is 0 Å². The highest BCUT2D eigenvalue weighted by molar-refractivity contribution is 5.33. The first-order valence-electron chi connectivity index (χ1n) is 6.00. The van der Waals surface area contributed by atoms with E-state index in [1.165, 1.54) is 16.7 Å². The van der Waals surface area contributed by atoms with Crippen molar-refractivity contribution in [2.45, 2.75) is 47.5 Å². The zero-order chi connectivity index (χ0) is 11.6. The molecular formula is C15H24. The second-order valence-corrected chi connectivity index (χ2v) is 5.37. The van der Waals surface area contributed by atoms with E-state index in [-0.39, 0.29) is 0 Å². The number of rotatable bonds is 3. The SMILES string of the molecule is Cc1ccc(C(C(C)C)C(C)C)c(C)c1. The predicted octanol–water partition coefficient (Wildman–Crippen LogP) is 4.70. The molecule has 0 heteroatoms. The van der Waals surface area contributed by atoms with Crippen molar-refractivity contribution in [3.8, 4) is 0 Å². The molecule has 0 aromatic heterocycles. The van der Waals surface area contributed by atoms with Crippen LogP contribution in [-0.2, 0) is 0 Å². The van der Waals surface area contributed by atoms with E-state index in [2.05, 4.69) is 59.7 Å². The molecule has 15 heavy (non-hydrogen) atoms. The summed E-state index contributed by atoms with van der Waals surface area (Å²) < 4.78 is 0. The standard InChI is InChI=1S/C15H24/c1-10(2)15(11(3)4)14-8-7-12(5)9-13(14)6/h7-11,15H,1-6H3. The number of hydrogen-bond donors (Lipinski definition) is 0. The molecule has 0 spiro atoms. The molecule has 1 aromatic rings. The largest absolute Gasteiger partial charge is 0.0622 e. The summed E-state index contributed by atoms with van der Waals surface area (Å²) in [5.41, 5.74) is 4.34. The average molecular weight is 204 g/mol. The second-order valence-electron chi connectivity index (χ2n) is 5.37. The molecule has 0 bridgehead atoms. The smallest absolute Gasteiger partial charge is 0.0113 e. The highest BCUT2D eigenvalue weighted by atomic mass is 14.3. The molecule has 0 nitrogen and oxygen atoms in total. The number of aryl methyl sites for hydroxylation is 2. The van der Waals surface area contributed by atoms with Gasteiger partial charge >= 0.3 is 0 Å². The fraction of sp³-hybridized carbons (Fsp3) is 0.600. The van der Waals surface area contributed by atoms with E-state index >= 15 is 0 Å². The van der Waals surface area contributed by atoms with Crippen molar-refractivity contribution in [2.24, 2.45) is 11.8 Å². The minimum Gasteiger partial charge on any atom is -0.0622 e. The summed E-state index contributed by atoms with van der Waals surface area (Å²) in [7, 11) is 0. The summed E-state index contributed by atoms with van der Waals surface area (Å²) in [5, 5.41) is 0. The van der Waals surface area contributed by atoms with Crippen molar-refractivity contribution in [1.29, 1.82) is 0 Å². The molecule has 0 amide bonds. The lowest BCUT2D eigenvalue weighted by Crippen LogP contribution is -2.14. The maximum Gasteiger partial charge on any atom is -0.0113 e. The first-order chi connectivity index (χ1) is 6.93. The topological polar surface area (TPSA) is 0 Å². The van der Waals surface area contributed by atoms with Gasteiger partial charge in [-0.05, 0) is 42.7 Å². The van der Waals surface area contributed by atoms with E-state index in [9.17, 15) is 0 Å². The summed E-state index contributed by atoms with van der Waals surface area (Å²) >= 11 is 0. The van der Waals surface area contributed by atoms with E-state index in [0.29, 0.717) is 17.8 Å². The Kier molecular flexibility index (Phi) is 3.96. The zero-order valence-electron chi connectivity index (χ0n) is 11.0. The Balaban J connectivity index is 3.12. The third kappa shape index (κ3) is 2.84. The summed E-state index contributed by atoms with van der Waals surface area (Å²) in [6.07, 6.45) is 0. The van der Waals surface area contributed by atoms with Crippen molar-refractivity contribution in [3.63, 3.8) is 0 Å². The van der Waals surface area contributed by atoms with Gasteiger partial charge in [-0.25, -0.2) is 0 Å². The van der Waals surface area contributed by atoms with Crippen LogP contribution in [0.5, 0.6) is 0 Å². The molecule has 0 radical (unpaired) electrons. The van der Waals surface area contributed by atoms with Crippen molar-refractivity contribution in [2.75, 3.05) is 0 Å². The maximum absolute atomic E-state index is 2.32. The quantitative estimate of drug-likeness (QED) is 0.669. The molecule has 0 saturated heterocycles. The molecule has 1 rings (SSSR count). The first kappa shape index (κ1) is 12.3. The van der Waals surface area contributed by atoms with Crippen LogP contribution < -0.4 is 0 Å². The Bertz CT molecular complexity index is 313. The van der Waals surface area contributed by atoms with Crippen molar-refractivity contribution < 1.29 is 0 Å². The summed E-state index contributed by atoms with van der Waals surface area (Å²) in [4.78, 5) is 0. The van der Waals surface area contributed by atoms with Gasteiger partial charge in [0.2, 0.25) is 0 Å². The molecule has 0 fully saturated rings. The molecule has 0 saturated carbocycles. The predicted molar refractivity (Wildman–Crippen MR) is 68.3 cm³/mol. The van der Waals surface area contributed by atoms with Crippen LogP contribution in [-0.4, -0.2) is 0 Å². The molecule has 1 aromatic carbocycles. The van der Waals surface area contributed by atoms with Gasteiger partial charge in [-0.3, -0.25) is 0 Å². The van der Waals surface area contributed by atoms with Gasteiger partial charge in [-0.1, -0.05) is 51.5 Å². The summed E-state index contributed by atoms with van der Waals surface area (Å²) in [6.45, 7) is 13.7. The monoisotopic (exact) mass is 204 g/mol. The molecule has 0 N–H and O–H groups in total. The van der Waals surface area contributed by atoms with Crippen LogP contribution in [0.3, 0.4) is 0 Å². The van der Waals surface area contributed by atoms with E-state index in [1.54, 1.807) is 0 Å². The van der Waals surface area contributed by atoms with E-state index in [4.69, 9.17) is 0 Å². The fourth-order valence-corrected chi connectivity index (χ4v) is 2.69. The zero-order valence-corrected chi connectivity index (χ0v) is 11.0. The van der Waals surface area contributed by atoms with Crippen molar-refractivity contribution in [3.05, 3.63) is 34.9 Å². The molecule has 0 unspecified atom stereocenters. The highest BCUT2D eigenvalue weighted by Crippen LogP contribution is 2.33. The highest BCUT2D eigenvalue weighted by Gasteiger charge is 2.20. The molecule has 0 atom stereocenters. The van der Waals surface area contributed by atoms with Gasteiger partial charge in [0.15, 0.2) is 0 Å². The molecule has 84 valence electrons. The molecule has 0 aliphatic rings. The lowest BCUT2D eigenvalue weighted by molar-refractivity contribution is 0.386. The van der Waals surface area contributed by atoms with Gasteiger partial charge in [0.1, 0.15) is 0 Å². The van der Waals surface area contributed by atoms with Gasteiger partial charge < -0.3 is 0 Å². The second kappa shape index (κ2) is 4.83. The van der Waals surface area contributed by atoms with Crippen LogP contribution in [0.4, 0.5) is 0 Å². The minimum atomic E-state index is 0.686. The van der Waals surface area contributed by atoms with Crippen molar-refractivity contribution >= 4 is 0 Å². The van der Waals surface area contributed by atoms with Crippen molar-refractivity contribution in [1.82, 2.24) is 0 Å². The van der Waals surface area contributed by atoms with Gasteiger partial charge in [0.25, 0.3) is 0 Å². The average Bonchev–Trinajstić information content (AvgIpc) is 2.08. The Morgan fingerprint density at radius 1 is 0.867 bits per heavy atom. The normalized spacial score (nSPS) is 11.8. The van der Waals surface area contributed by atoms with Crippen LogP contribution in [0, 0.1) is 25.7 Å². The molecule has 0 aliphatic heterocycles. The van der Waals surface area contributed by atoms with E-state index < -0.39 is 0 Å². The van der Waals surface area contributed by atoms with Gasteiger partial charge in [0.05, 0.1) is 0 Å². The Morgan fingerprint density at radius 2 is 1.40 bits per heavy atom. The Morgan fingerprint density at radius 3 is 1.80 bits per heavy atom. The summed E-state index contributed by atoms with van der Waals surface area (Å²) in [6, 6.07) is 6.85. The Hall–Kier alpha value is -0.780. The van der Waals surface area contributed by atoms with Gasteiger partial charge in [0, 0.05) is 0 Å². The lowest BCUT2D eigenvalue weighted by atomic mass is 9.78. The number of hydrogen-bond acceptors (Lipinski definition) is 0. The van der Waals surface area contributed by atoms with Crippen LogP contribution in [0.1, 0.15) is 50.3 Å². The van der Waals surface area contributed by atoms with Crippen LogP contribution in [0.2, 0.25) is 0 Å². The summed E-state index contributed by atoms with van der Waals surface area (Å²) in [5.74, 6) is 2.11. The first-order valence-corrected chi connectivity index (χ1v) is 6.00. The van der Waals surface area contributed by atoms with Gasteiger partial charge in [-0.15, -0.1) is 0 Å². The maximum atomic E-state index is 2.32. The van der Waals surface area contributed by atoms with Crippen LogP contribution >= 0.6 is 0 Å². The van der Waals surface area contributed by atoms with Crippen LogP contribution in [0.15, 0.2) is 18.2 Å². The third-order valence-corrected chi connectivity index (χ3v) is 3.22. The Labute approximate surface area is 94.7 Å². The molecule has 0 heterocycles.